The summed E-state index contributed by atoms with van der Waals surface area (Å²) >= 11 is 0. The summed E-state index contributed by atoms with van der Waals surface area (Å²) in [6.07, 6.45) is 14.1. The number of aliphatic carboxylic acids is 1. The van der Waals surface area contributed by atoms with Crippen LogP contribution >= 0.6 is 0 Å². The lowest BCUT2D eigenvalue weighted by atomic mass is 10.1. The van der Waals surface area contributed by atoms with Crippen LogP contribution in [0, 0.1) is 0 Å². The fourth-order valence-corrected chi connectivity index (χ4v) is 1.98. The molecule has 0 saturated heterocycles. The van der Waals surface area contributed by atoms with E-state index in [1.54, 1.807) is 0 Å². The summed E-state index contributed by atoms with van der Waals surface area (Å²) in [6.45, 7) is 3.08. The second-order valence-corrected chi connectivity index (χ2v) is 5.28. The van der Waals surface area contributed by atoms with Crippen LogP contribution in [-0.4, -0.2) is 22.2 Å². The molecule has 1 rings (SSSR count). The van der Waals surface area contributed by atoms with Crippen molar-refractivity contribution in [3.63, 3.8) is 0 Å². The highest BCUT2D eigenvalue weighted by molar-refractivity contribution is 5.63. The number of carboxylic acid groups (broad SMARTS) is 1. The minimum absolute atomic E-state index is 0.203. The second kappa shape index (κ2) is 13.6. The Kier molecular flexibility index (Phi) is 12.7. The smallest absolute Gasteiger partial charge is 0.243 e. The number of rotatable bonds is 10. The Labute approximate surface area is 128 Å². The summed E-state index contributed by atoms with van der Waals surface area (Å²) < 4.78 is 3.87. The van der Waals surface area contributed by atoms with E-state index < -0.39 is 5.97 Å². The molecule has 0 atom stereocenters. The van der Waals surface area contributed by atoms with Gasteiger partial charge in [0.25, 0.3) is 0 Å². The predicted octanol–water partition coefficient (Wildman–Crippen LogP) is 1.18. The highest BCUT2D eigenvalue weighted by Gasteiger charge is 1.95. The lowest BCUT2D eigenvalue weighted by molar-refractivity contribution is -0.671. The highest BCUT2D eigenvalue weighted by Crippen LogP contribution is 2.07. The molecule has 0 spiro atoms. The third-order valence-corrected chi connectivity index (χ3v) is 3.17. The Balaban J connectivity index is 0.000000394. The number of carboxylic acids is 1. The fourth-order valence-electron chi connectivity index (χ4n) is 1.98. The maximum atomic E-state index is 10.0. The van der Waals surface area contributed by atoms with Crippen molar-refractivity contribution in [3.8, 4) is 0 Å². The molecule has 1 aromatic rings. The van der Waals surface area contributed by atoms with Crippen LogP contribution < -0.4 is 9.67 Å². The first-order valence-electron chi connectivity index (χ1n) is 7.91. The molecule has 0 aliphatic carbocycles. The van der Waals surface area contributed by atoms with Gasteiger partial charge in [-0.05, 0) is 12.8 Å². The van der Waals surface area contributed by atoms with Crippen LogP contribution in [0.25, 0.3) is 0 Å². The largest absolute Gasteiger partial charge is 0.550 e. The fraction of sp³-hybridized carbons (Fsp3) is 0.750. The average molecular weight is 298 g/mol. The number of aryl methyl sites for hydroxylation is 1. The molecule has 0 bridgehead atoms. The topological polar surface area (TPSA) is 69.2 Å². The van der Waals surface area contributed by atoms with Crippen molar-refractivity contribution in [2.45, 2.75) is 64.8 Å². The van der Waals surface area contributed by atoms with Gasteiger partial charge in [0.15, 0.2) is 0 Å². The zero-order valence-corrected chi connectivity index (χ0v) is 13.5. The quantitative estimate of drug-likeness (QED) is 0.521. The monoisotopic (exact) mass is 298 g/mol. The van der Waals surface area contributed by atoms with E-state index in [1.807, 2.05) is 34.9 Å². The molecule has 0 saturated carbocycles. The molecule has 0 aliphatic heterocycles. The van der Waals surface area contributed by atoms with Crippen molar-refractivity contribution in [1.29, 1.82) is 0 Å². The van der Waals surface area contributed by atoms with E-state index in [9.17, 15) is 9.90 Å². The van der Waals surface area contributed by atoms with E-state index >= 15 is 0 Å². The number of carbonyl (C=O) groups is 1. The summed E-state index contributed by atoms with van der Waals surface area (Å²) in [7, 11) is 1.95. The van der Waals surface area contributed by atoms with E-state index in [-0.39, 0.29) is 13.0 Å². The summed E-state index contributed by atoms with van der Waals surface area (Å²) in [6, 6.07) is 0. The van der Waals surface area contributed by atoms with Gasteiger partial charge >= 0.3 is 0 Å². The van der Waals surface area contributed by atoms with Gasteiger partial charge in [0, 0.05) is 5.97 Å². The number of aliphatic hydroxyl groups is 1. The van der Waals surface area contributed by atoms with Crippen molar-refractivity contribution in [1.82, 2.24) is 4.57 Å². The molecule has 122 valence electrons. The SMILES string of the molecule is CCCCCCCCCC(=O)[O-].C[n+]1ccn(CCO)c1. The van der Waals surface area contributed by atoms with Gasteiger partial charge in [-0.25, -0.2) is 9.13 Å². The van der Waals surface area contributed by atoms with E-state index in [2.05, 4.69) is 6.92 Å². The zero-order chi connectivity index (χ0) is 15.9. The summed E-state index contributed by atoms with van der Waals surface area (Å²) in [5.74, 6) is -0.913. The molecular formula is C16H30N2O3. The van der Waals surface area contributed by atoms with Gasteiger partial charge in [0.2, 0.25) is 6.33 Å². The van der Waals surface area contributed by atoms with E-state index in [0.29, 0.717) is 6.54 Å². The Morgan fingerprint density at radius 1 is 1.19 bits per heavy atom. The van der Waals surface area contributed by atoms with Gasteiger partial charge in [-0.2, -0.15) is 0 Å². The van der Waals surface area contributed by atoms with Crippen molar-refractivity contribution in [2.24, 2.45) is 7.05 Å². The van der Waals surface area contributed by atoms with Gasteiger partial charge in [-0.15, -0.1) is 0 Å². The van der Waals surface area contributed by atoms with Crippen molar-refractivity contribution in [2.75, 3.05) is 6.61 Å². The number of imidazole rings is 1. The molecule has 0 amide bonds. The average Bonchev–Trinajstić information content (AvgIpc) is 2.84. The van der Waals surface area contributed by atoms with E-state index in [1.165, 1.54) is 32.1 Å². The Hall–Kier alpha value is -1.36. The van der Waals surface area contributed by atoms with E-state index in [0.717, 1.165) is 12.8 Å². The van der Waals surface area contributed by atoms with Crippen molar-refractivity contribution < 1.29 is 19.6 Å². The number of hydrogen-bond donors (Lipinski definition) is 1. The highest BCUT2D eigenvalue weighted by atomic mass is 16.4. The Morgan fingerprint density at radius 2 is 1.81 bits per heavy atom. The molecule has 1 aromatic heterocycles. The minimum atomic E-state index is -0.913. The first-order valence-corrected chi connectivity index (χ1v) is 7.91. The van der Waals surface area contributed by atoms with Crippen LogP contribution in [0.4, 0.5) is 0 Å². The standard InChI is InChI=1S/C10H20O2.C6H11N2O/c1-2-3-4-5-6-7-8-9-10(11)12;1-7-2-3-8(6-7)4-5-9/h2-9H2,1H3,(H,11,12);2-3,6,9H,4-5H2,1H3/q;+1/p-1. The number of hydrogen-bond acceptors (Lipinski definition) is 3. The molecule has 0 fully saturated rings. The lowest BCUT2D eigenvalue weighted by Gasteiger charge is -2.01. The second-order valence-electron chi connectivity index (χ2n) is 5.28. The molecule has 0 aromatic carbocycles. The molecule has 5 nitrogen and oxygen atoms in total. The Bertz CT molecular complexity index is 364. The summed E-state index contributed by atoms with van der Waals surface area (Å²) in [5, 5.41) is 18.5. The van der Waals surface area contributed by atoms with Gasteiger partial charge < -0.3 is 15.0 Å². The van der Waals surface area contributed by atoms with Crippen LogP contribution in [0.5, 0.6) is 0 Å². The van der Waals surface area contributed by atoms with E-state index in [4.69, 9.17) is 5.11 Å². The molecule has 1 heterocycles. The normalized spacial score (nSPS) is 10.0. The van der Waals surface area contributed by atoms with Crippen LogP contribution in [0.3, 0.4) is 0 Å². The van der Waals surface area contributed by atoms with Crippen LogP contribution in [0.2, 0.25) is 0 Å². The number of carbonyl (C=O) groups excluding carboxylic acids is 1. The van der Waals surface area contributed by atoms with Crippen LogP contribution in [0.15, 0.2) is 18.7 Å². The van der Waals surface area contributed by atoms with Gasteiger partial charge in [-0.3, -0.25) is 0 Å². The van der Waals surface area contributed by atoms with Crippen molar-refractivity contribution in [3.05, 3.63) is 18.7 Å². The lowest BCUT2D eigenvalue weighted by Crippen LogP contribution is -2.23. The molecule has 0 unspecified atom stereocenters. The number of aliphatic hydroxyl groups excluding tert-OH is 1. The predicted molar refractivity (Wildman–Crippen MR) is 80.3 cm³/mol. The number of unbranched alkanes of at least 4 members (excludes halogenated alkanes) is 6. The minimum Gasteiger partial charge on any atom is -0.550 e. The van der Waals surface area contributed by atoms with Crippen molar-refractivity contribution >= 4 is 5.97 Å². The van der Waals surface area contributed by atoms with Crippen LogP contribution in [-0.2, 0) is 18.4 Å². The summed E-state index contributed by atoms with van der Waals surface area (Å²) in [4.78, 5) is 10.0. The maximum absolute atomic E-state index is 10.0. The third-order valence-electron chi connectivity index (χ3n) is 3.17. The number of aromatic nitrogens is 2. The first-order chi connectivity index (χ1) is 10.1. The maximum Gasteiger partial charge on any atom is 0.243 e. The first kappa shape index (κ1) is 19.6. The van der Waals surface area contributed by atoms with Gasteiger partial charge in [-0.1, -0.05) is 45.4 Å². The molecule has 0 radical (unpaired) electrons. The molecular weight excluding hydrogens is 268 g/mol. The zero-order valence-electron chi connectivity index (χ0n) is 13.5. The number of nitrogens with zero attached hydrogens (tertiary/aromatic N) is 2. The molecule has 21 heavy (non-hydrogen) atoms. The molecule has 1 N–H and O–H groups in total. The molecule has 0 aliphatic rings. The Morgan fingerprint density at radius 3 is 2.29 bits per heavy atom. The van der Waals surface area contributed by atoms with Gasteiger partial charge in [0.1, 0.15) is 18.9 Å². The van der Waals surface area contributed by atoms with Crippen LogP contribution in [0.1, 0.15) is 58.3 Å². The summed E-state index contributed by atoms with van der Waals surface area (Å²) in [5.41, 5.74) is 0. The van der Waals surface area contributed by atoms with Gasteiger partial charge in [0.05, 0.1) is 13.7 Å². The third kappa shape index (κ3) is 13.4. The molecule has 5 heteroatoms.